The Morgan fingerprint density at radius 2 is 0.700 bits per heavy atom. The van der Waals surface area contributed by atoms with Gasteiger partial charge < -0.3 is 0 Å². The van der Waals surface area contributed by atoms with Crippen LogP contribution in [0.3, 0.4) is 0 Å². The van der Waals surface area contributed by atoms with Crippen molar-refractivity contribution in [2.45, 2.75) is 224 Å². The van der Waals surface area contributed by atoms with Crippen molar-refractivity contribution in [2.24, 2.45) is 0 Å². The van der Waals surface area contributed by atoms with Gasteiger partial charge in [-0.05, 0) is 90.9 Å². The van der Waals surface area contributed by atoms with E-state index < -0.39 is 21.4 Å². The molecule has 12 heteroatoms. The zero-order chi connectivity index (χ0) is 56.0. The van der Waals surface area contributed by atoms with Gasteiger partial charge in [0.2, 0.25) is 0 Å². The second-order valence-electron chi connectivity index (χ2n) is 21.8. The Kier molecular flexibility index (Phi) is 29.2. The minimum Gasteiger partial charge on any atom is -0.219 e. The average molecular weight is 1230 g/mol. The zero-order valence-electron chi connectivity index (χ0n) is 47.9. The molecule has 4 nitrogen and oxygen atoms in total. The second kappa shape index (κ2) is 36.4. The first-order valence-electron chi connectivity index (χ1n) is 30.6. The number of thiophene rings is 6. The fourth-order valence-electron chi connectivity index (χ4n) is 10.9. The Balaban J connectivity index is 0.00000301. The van der Waals surface area contributed by atoms with E-state index in [9.17, 15) is 8.42 Å². The van der Waals surface area contributed by atoms with Crippen LogP contribution in [0, 0.1) is 0 Å². The molecule has 0 aliphatic heterocycles. The van der Waals surface area contributed by atoms with Crippen molar-refractivity contribution in [1.82, 2.24) is 0 Å². The van der Waals surface area contributed by atoms with Crippen LogP contribution >= 0.6 is 68.0 Å². The monoisotopic (exact) mass is 1220 g/mol. The summed E-state index contributed by atoms with van der Waals surface area (Å²) in [5, 5.41) is 1.38. The van der Waals surface area contributed by atoms with Crippen LogP contribution in [0.25, 0.3) is 65.9 Å². The number of rotatable bonds is 39. The highest BCUT2D eigenvalue weighted by Crippen LogP contribution is 2.56. The lowest BCUT2D eigenvalue weighted by Crippen LogP contribution is -1.94. The van der Waals surface area contributed by atoms with E-state index in [1.807, 2.05) is 28.7 Å². The number of fused-ring (bicyclic) bond motifs is 5. The van der Waals surface area contributed by atoms with E-state index in [0.29, 0.717) is 4.90 Å². The highest BCUT2D eigenvalue weighted by atomic mass is 32.2. The van der Waals surface area contributed by atoms with Crippen molar-refractivity contribution >= 4 is 136 Å². The van der Waals surface area contributed by atoms with Gasteiger partial charge in [0.15, 0.2) is 9.84 Å². The van der Waals surface area contributed by atoms with Crippen molar-refractivity contribution < 1.29 is 16.8 Å². The fourth-order valence-corrected chi connectivity index (χ4v) is 20.4. The lowest BCUT2D eigenvalue weighted by atomic mass is 10.0. The summed E-state index contributed by atoms with van der Waals surface area (Å²) in [5.41, 5.74) is 4.33. The van der Waals surface area contributed by atoms with Crippen molar-refractivity contribution in [1.29, 1.82) is 0 Å². The Morgan fingerprint density at radius 3 is 1.09 bits per heavy atom. The number of benzene rings is 2. The lowest BCUT2D eigenvalue weighted by Gasteiger charge is -2.05. The highest BCUT2D eigenvalue weighted by Gasteiger charge is 2.26. The molecule has 2 aromatic carbocycles. The van der Waals surface area contributed by atoms with Crippen LogP contribution < -0.4 is 0 Å². The van der Waals surface area contributed by atoms with Crippen LogP contribution in [0.15, 0.2) is 95.2 Å². The van der Waals surface area contributed by atoms with Crippen LogP contribution in [-0.2, 0) is 34.2 Å². The molecule has 6 aromatic heterocycles. The standard InChI is InChI=1S/C68H88O2S7.O2S/c1-3-5-7-9-11-13-15-17-19-21-23-25-27-29-37-43-57-61(59-49-47-54(71-59)46-45-53-39-33-31-34-40-53)73-65-63(57)75-68-66-64(76-67(65)68)58(44-38-30-28-26-24-22-20-18-16-14-12-10-8-6-4-2)62(74-66)60-50-48-55(72-60)51-52-77(69,70)56-41-35-32-36-42-56;1-3-2/h31-36,39-42,45-52H,3-30,37-38,43-44H2,1-2H3;/b46-45+,52-51+;. The zero-order valence-corrected chi connectivity index (χ0v) is 54.5. The van der Waals surface area contributed by atoms with E-state index in [4.69, 9.17) is 8.42 Å². The summed E-state index contributed by atoms with van der Waals surface area (Å²) in [6.07, 6.45) is 49.9. The number of sulfone groups is 1. The molecule has 432 valence electrons. The van der Waals surface area contributed by atoms with E-state index in [0.717, 1.165) is 17.7 Å². The van der Waals surface area contributed by atoms with Crippen molar-refractivity contribution in [3.63, 3.8) is 0 Å². The summed E-state index contributed by atoms with van der Waals surface area (Å²) in [4.78, 5) is 8.15. The van der Waals surface area contributed by atoms with Gasteiger partial charge in [0.25, 0.3) is 0 Å². The van der Waals surface area contributed by atoms with Gasteiger partial charge in [-0.3, -0.25) is 0 Å². The molecule has 0 aliphatic rings. The van der Waals surface area contributed by atoms with Crippen LogP contribution in [0.2, 0.25) is 0 Å². The second-order valence-corrected chi connectivity index (χ2v) is 30.1. The summed E-state index contributed by atoms with van der Waals surface area (Å²) in [6, 6.07) is 28.5. The Morgan fingerprint density at radius 1 is 0.362 bits per heavy atom. The molecule has 0 amide bonds. The van der Waals surface area contributed by atoms with Crippen LogP contribution in [0.4, 0.5) is 0 Å². The van der Waals surface area contributed by atoms with Gasteiger partial charge in [-0.2, -0.15) is 8.42 Å². The number of hydrogen-bond acceptors (Lipinski definition) is 10. The fraction of sp³-hybridized carbons (Fsp3) is 0.500. The molecule has 0 radical (unpaired) electrons. The Bertz CT molecular complexity index is 3210. The molecule has 0 atom stereocenters. The van der Waals surface area contributed by atoms with Crippen molar-refractivity contribution in [3.05, 3.63) is 117 Å². The smallest absolute Gasteiger partial charge is 0.219 e. The molecule has 0 bridgehead atoms. The molecule has 0 fully saturated rings. The van der Waals surface area contributed by atoms with E-state index >= 15 is 0 Å². The molecule has 0 saturated heterocycles. The molecule has 0 aliphatic carbocycles. The van der Waals surface area contributed by atoms with Gasteiger partial charge in [-0.1, -0.05) is 248 Å². The first-order valence-corrected chi connectivity index (χ1v) is 37.7. The predicted molar refractivity (Wildman–Crippen MR) is 361 cm³/mol. The van der Waals surface area contributed by atoms with Crippen molar-refractivity contribution in [3.8, 4) is 19.5 Å². The SMILES string of the molecule is CCCCCCCCCCCCCCCCCc1c(-c2ccc(/C=C/c3ccccc3)s2)sc2c1sc1c3sc(-c4ccc(/C=C/S(=O)(=O)c5ccccc5)s4)c(CCCCCCCCCCCCCCCCC)c3sc21.O=S=O. The molecular formula is C68H88O4S8. The average Bonchev–Trinajstić information content (AvgIpc) is 4.49. The third-order valence-electron chi connectivity index (χ3n) is 15.4. The number of unbranched alkanes of at least 4 members (excludes halogenated alkanes) is 28. The quantitative estimate of drug-likeness (QED) is 0.0360. The van der Waals surface area contributed by atoms with Crippen LogP contribution in [-0.4, -0.2) is 16.8 Å². The summed E-state index contributed by atoms with van der Waals surface area (Å²) in [5.74, 6) is 0. The third-order valence-corrected chi connectivity index (χ3v) is 25.0. The van der Waals surface area contributed by atoms with E-state index in [2.05, 4.69) is 115 Å². The van der Waals surface area contributed by atoms with E-state index in [1.165, 1.54) is 262 Å². The predicted octanol–water partition coefficient (Wildman–Crippen LogP) is 24.6. The molecule has 0 unspecified atom stereocenters. The Labute approximate surface area is 508 Å². The van der Waals surface area contributed by atoms with E-state index in [-0.39, 0.29) is 0 Å². The minimum atomic E-state index is -3.52. The molecular weight excluding hydrogens is 1140 g/mol. The molecule has 0 N–H and O–H groups in total. The van der Waals surface area contributed by atoms with Gasteiger partial charge in [-0.25, -0.2) is 8.42 Å². The normalized spacial score (nSPS) is 12.1. The van der Waals surface area contributed by atoms with Gasteiger partial charge in [0, 0.05) is 34.7 Å². The number of hydrogen-bond donors (Lipinski definition) is 0. The minimum absolute atomic E-state index is 0.332. The van der Waals surface area contributed by atoms with Gasteiger partial charge in [-0.15, -0.1) is 68.0 Å². The first-order chi connectivity index (χ1) is 39.3. The van der Waals surface area contributed by atoms with Crippen LogP contribution in [0.5, 0.6) is 0 Å². The molecule has 6 heterocycles. The summed E-state index contributed by atoms with van der Waals surface area (Å²) in [6.45, 7) is 4.61. The van der Waals surface area contributed by atoms with Crippen LogP contribution in [0.1, 0.15) is 233 Å². The summed E-state index contributed by atoms with van der Waals surface area (Å²) >= 11 is 11.1. The molecule has 0 saturated carbocycles. The van der Waals surface area contributed by atoms with Gasteiger partial charge in [0.05, 0.1) is 33.1 Å². The molecule has 8 aromatic rings. The maximum atomic E-state index is 13.2. The Hall–Kier alpha value is -3.33. The van der Waals surface area contributed by atoms with Crippen molar-refractivity contribution in [2.75, 3.05) is 0 Å². The largest absolute Gasteiger partial charge is 0.335 e. The summed E-state index contributed by atoms with van der Waals surface area (Å²) < 4.78 is 52.0. The third kappa shape index (κ3) is 20.2. The first kappa shape index (κ1) is 64.2. The topological polar surface area (TPSA) is 68.3 Å². The highest BCUT2D eigenvalue weighted by molar-refractivity contribution is 7.94. The number of aryl methyl sites for hydroxylation is 2. The molecule has 8 rings (SSSR count). The van der Waals surface area contributed by atoms with Gasteiger partial charge >= 0.3 is 11.6 Å². The van der Waals surface area contributed by atoms with E-state index in [1.54, 1.807) is 47.2 Å². The maximum absolute atomic E-state index is 13.2. The summed E-state index contributed by atoms with van der Waals surface area (Å²) in [7, 11) is -3.52. The lowest BCUT2D eigenvalue weighted by molar-refractivity contribution is 0.532. The maximum Gasteiger partial charge on any atom is 0.335 e. The van der Waals surface area contributed by atoms with Gasteiger partial charge in [0.1, 0.15) is 0 Å². The molecule has 80 heavy (non-hydrogen) atoms. The molecule has 0 spiro atoms.